The van der Waals surface area contributed by atoms with Crippen LogP contribution in [0.2, 0.25) is 5.02 Å². The Morgan fingerprint density at radius 1 is 1.42 bits per heavy atom. The second-order valence-electron chi connectivity index (χ2n) is 2.47. The molecule has 0 spiro atoms. The molecule has 0 bridgehead atoms. The van der Waals surface area contributed by atoms with Gasteiger partial charge in [-0.25, -0.2) is 4.68 Å². The molecule has 0 amide bonds. The quantitative estimate of drug-likeness (QED) is 0.648. The van der Waals surface area contributed by atoms with Crippen LogP contribution in [0, 0.1) is 0 Å². The molecule has 0 aliphatic carbocycles. The minimum atomic E-state index is 0.366. The Labute approximate surface area is 79.7 Å². The molecule has 1 aromatic heterocycles. The standard InChI is InChI=1S/C8H6Cl2N2/c9-5-12-8-2-1-7(10)3-6(8)4-11-12/h1-4H,5H2. The van der Waals surface area contributed by atoms with E-state index in [-0.39, 0.29) is 0 Å². The van der Waals surface area contributed by atoms with E-state index >= 15 is 0 Å². The smallest absolute Gasteiger partial charge is 0.116 e. The second-order valence-corrected chi connectivity index (χ2v) is 3.14. The van der Waals surface area contributed by atoms with Crippen LogP contribution in [-0.4, -0.2) is 9.78 Å². The lowest BCUT2D eigenvalue weighted by Crippen LogP contribution is -1.92. The summed E-state index contributed by atoms with van der Waals surface area (Å²) in [6, 6.07) is 5.97. The van der Waals surface area contributed by atoms with Gasteiger partial charge in [-0.3, -0.25) is 0 Å². The van der Waals surface area contributed by atoms with Crippen molar-refractivity contribution in [3.8, 4) is 0 Å². The summed E-state index contributed by atoms with van der Waals surface area (Å²) in [5.74, 6) is 0. The van der Waals surface area contributed by atoms with E-state index in [0.29, 0.717) is 6.00 Å². The molecule has 1 heterocycles. The van der Waals surface area contributed by atoms with Crippen molar-refractivity contribution in [2.75, 3.05) is 0 Å². The predicted molar refractivity (Wildman–Crippen MR) is 50.6 cm³/mol. The van der Waals surface area contributed by atoms with Crippen molar-refractivity contribution in [1.29, 1.82) is 0 Å². The fourth-order valence-corrected chi connectivity index (χ4v) is 1.52. The molecule has 2 aromatic rings. The van der Waals surface area contributed by atoms with Crippen LogP contribution in [0.5, 0.6) is 0 Å². The van der Waals surface area contributed by atoms with E-state index < -0.39 is 0 Å². The van der Waals surface area contributed by atoms with Crippen LogP contribution in [-0.2, 0) is 6.00 Å². The molecule has 0 unspecified atom stereocenters. The van der Waals surface area contributed by atoms with Crippen LogP contribution in [0.15, 0.2) is 24.4 Å². The van der Waals surface area contributed by atoms with Crippen molar-refractivity contribution >= 4 is 34.1 Å². The third-order valence-corrected chi connectivity index (χ3v) is 2.18. The zero-order chi connectivity index (χ0) is 8.55. The minimum absolute atomic E-state index is 0.366. The first-order chi connectivity index (χ1) is 5.81. The zero-order valence-corrected chi connectivity index (χ0v) is 7.68. The van der Waals surface area contributed by atoms with Crippen molar-refractivity contribution in [3.63, 3.8) is 0 Å². The molecule has 0 aliphatic rings. The van der Waals surface area contributed by atoms with Gasteiger partial charge >= 0.3 is 0 Å². The fraction of sp³-hybridized carbons (Fsp3) is 0.125. The molecular formula is C8H6Cl2N2. The highest BCUT2D eigenvalue weighted by molar-refractivity contribution is 6.31. The van der Waals surface area contributed by atoms with Crippen molar-refractivity contribution in [2.24, 2.45) is 0 Å². The van der Waals surface area contributed by atoms with Crippen LogP contribution in [0.4, 0.5) is 0 Å². The Kier molecular flexibility index (Phi) is 1.95. The molecule has 0 fully saturated rings. The minimum Gasteiger partial charge on any atom is -0.250 e. The Hall–Kier alpha value is -0.730. The third kappa shape index (κ3) is 1.17. The van der Waals surface area contributed by atoms with Crippen molar-refractivity contribution in [3.05, 3.63) is 29.4 Å². The molecular weight excluding hydrogens is 195 g/mol. The summed E-state index contributed by atoms with van der Waals surface area (Å²) in [6.07, 6.45) is 1.75. The number of fused-ring (bicyclic) bond motifs is 1. The van der Waals surface area contributed by atoms with Gasteiger partial charge in [0, 0.05) is 10.4 Å². The Balaban J connectivity index is 2.73. The van der Waals surface area contributed by atoms with Gasteiger partial charge in [0.2, 0.25) is 0 Å². The maximum absolute atomic E-state index is 5.80. The van der Waals surface area contributed by atoms with Gasteiger partial charge in [0.25, 0.3) is 0 Å². The summed E-state index contributed by atoms with van der Waals surface area (Å²) in [7, 11) is 0. The summed E-state index contributed by atoms with van der Waals surface area (Å²) < 4.78 is 1.72. The average molecular weight is 201 g/mol. The second kappa shape index (κ2) is 2.96. The lowest BCUT2D eigenvalue weighted by atomic mass is 10.3. The van der Waals surface area contributed by atoms with Crippen LogP contribution >= 0.6 is 23.2 Å². The van der Waals surface area contributed by atoms with Crippen molar-refractivity contribution in [1.82, 2.24) is 9.78 Å². The molecule has 2 nitrogen and oxygen atoms in total. The van der Waals surface area contributed by atoms with E-state index in [2.05, 4.69) is 5.10 Å². The van der Waals surface area contributed by atoms with Crippen molar-refractivity contribution in [2.45, 2.75) is 6.00 Å². The highest BCUT2D eigenvalue weighted by atomic mass is 35.5. The Morgan fingerprint density at radius 2 is 2.25 bits per heavy atom. The van der Waals surface area contributed by atoms with E-state index in [0.717, 1.165) is 15.9 Å². The first-order valence-corrected chi connectivity index (χ1v) is 4.39. The topological polar surface area (TPSA) is 17.8 Å². The summed E-state index contributed by atoms with van der Waals surface area (Å²) >= 11 is 11.5. The van der Waals surface area contributed by atoms with Crippen LogP contribution in [0.1, 0.15) is 0 Å². The highest BCUT2D eigenvalue weighted by Gasteiger charge is 2.00. The monoisotopic (exact) mass is 200 g/mol. The normalized spacial score (nSPS) is 10.8. The van der Waals surface area contributed by atoms with Gasteiger partial charge in [-0.2, -0.15) is 5.10 Å². The van der Waals surface area contributed by atoms with Gasteiger partial charge in [-0.05, 0) is 18.2 Å². The first-order valence-electron chi connectivity index (χ1n) is 3.48. The molecule has 1 aromatic carbocycles. The van der Waals surface area contributed by atoms with Crippen LogP contribution < -0.4 is 0 Å². The number of alkyl halides is 1. The van der Waals surface area contributed by atoms with Crippen LogP contribution in [0.25, 0.3) is 10.9 Å². The van der Waals surface area contributed by atoms with Gasteiger partial charge in [0.1, 0.15) is 6.00 Å². The van der Waals surface area contributed by atoms with E-state index in [9.17, 15) is 0 Å². The predicted octanol–water partition coefficient (Wildman–Crippen LogP) is 2.89. The lowest BCUT2D eigenvalue weighted by molar-refractivity contribution is 0.772. The summed E-state index contributed by atoms with van der Waals surface area (Å²) in [5.41, 5.74) is 1.01. The molecule has 2 rings (SSSR count). The number of rotatable bonds is 1. The molecule has 12 heavy (non-hydrogen) atoms. The highest BCUT2D eigenvalue weighted by Crippen LogP contribution is 2.18. The Bertz CT molecular complexity index is 408. The van der Waals surface area contributed by atoms with E-state index in [1.54, 1.807) is 10.9 Å². The third-order valence-electron chi connectivity index (χ3n) is 1.72. The molecule has 0 aliphatic heterocycles. The molecule has 0 saturated carbocycles. The molecule has 62 valence electrons. The Morgan fingerprint density at radius 3 is 3.00 bits per heavy atom. The number of halogens is 2. The fourth-order valence-electron chi connectivity index (χ4n) is 1.15. The number of benzene rings is 1. The van der Waals surface area contributed by atoms with Gasteiger partial charge in [0.15, 0.2) is 0 Å². The van der Waals surface area contributed by atoms with Crippen LogP contribution in [0.3, 0.4) is 0 Å². The SMILES string of the molecule is ClCn1ncc2cc(Cl)ccc21. The van der Waals surface area contributed by atoms with Gasteiger partial charge in [-0.15, -0.1) is 11.6 Å². The first kappa shape index (κ1) is 7.90. The molecule has 0 N–H and O–H groups in total. The summed E-state index contributed by atoms with van der Waals surface area (Å²) in [5, 5.41) is 5.82. The lowest BCUT2D eigenvalue weighted by Gasteiger charge is -1.95. The van der Waals surface area contributed by atoms with Crippen molar-refractivity contribution < 1.29 is 0 Å². The molecule has 0 radical (unpaired) electrons. The van der Waals surface area contributed by atoms with Gasteiger partial charge in [-0.1, -0.05) is 11.6 Å². The number of nitrogens with zero attached hydrogens (tertiary/aromatic N) is 2. The number of hydrogen-bond donors (Lipinski definition) is 0. The molecule has 0 atom stereocenters. The van der Waals surface area contributed by atoms with E-state index in [4.69, 9.17) is 23.2 Å². The average Bonchev–Trinajstić information content (AvgIpc) is 2.46. The van der Waals surface area contributed by atoms with E-state index in [1.807, 2.05) is 18.2 Å². The maximum Gasteiger partial charge on any atom is 0.116 e. The van der Waals surface area contributed by atoms with E-state index in [1.165, 1.54) is 0 Å². The number of aromatic nitrogens is 2. The largest absolute Gasteiger partial charge is 0.250 e. The molecule has 0 saturated heterocycles. The number of hydrogen-bond acceptors (Lipinski definition) is 1. The molecule has 4 heteroatoms. The zero-order valence-electron chi connectivity index (χ0n) is 6.17. The van der Waals surface area contributed by atoms with Gasteiger partial charge < -0.3 is 0 Å². The maximum atomic E-state index is 5.80. The summed E-state index contributed by atoms with van der Waals surface area (Å²) in [6.45, 7) is 0. The van der Waals surface area contributed by atoms with Gasteiger partial charge in [0.05, 0.1) is 11.7 Å². The summed E-state index contributed by atoms with van der Waals surface area (Å²) in [4.78, 5) is 0.